The van der Waals surface area contributed by atoms with Gasteiger partial charge in [0.2, 0.25) is 0 Å². The van der Waals surface area contributed by atoms with Gasteiger partial charge in [-0.25, -0.2) is 8.42 Å². The number of benzene rings is 1. The Labute approximate surface area is 108 Å². The molecule has 0 aliphatic carbocycles. The Balaban J connectivity index is 3.65. The van der Waals surface area contributed by atoms with Crippen LogP contribution in [0.25, 0.3) is 0 Å². The highest BCUT2D eigenvalue weighted by Gasteiger charge is 2.20. The molecule has 0 saturated carbocycles. The molecule has 0 spiro atoms. The topological polar surface area (TPSA) is 57.9 Å². The summed E-state index contributed by atoms with van der Waals surface area (Å²) in [4.78, 5) is 0.118. The number of nitrogens with zero attached hydrogens (tertiary/aromatic N) is 1. The fourth-order valence-corrected chi connectivity index (χ4v) is 3.68. The van der Waals surface area contributed by atoms with Crippen molar-refractivity contribution in [2.45, 2.75) is 23.6 Å². The molecular formula is C10H9BrClNO2S. The second kappa shape index (κ2) is 5.17. The van der Waals surface area contributed by atoms with Crippen LogP contribution in [0.2, 0.25) is 0 Å². The maximum absolute atomic E-state index is 11.5. The van der Waals surface area contributed by atoms with E-state index < -0.39 is 9.05 Å². The maximum Gasteiger partial charge on any atom is 0.261 e. The molecule has 0 unspecified atom stereocenters. The average molecular weight is 323 g/mol. The van der Waals surface area contributed by atoms with Gasteiger partial charge in [0.1, 0.15) is 0 Å². The van der Waals surface area contributed by atoms with Crippen molar-refractivity contribution in [3.8, 4) is 6.07 Å². The molecule has 0 amide bonds. The van der Waals surface area contributed by atoms with Gasteiger partial charge in [-0.05, 0) is 29.7 Å². The van der Waals surface area contributed by atoms with Gasteiger partial charge < -0.3 is 0 Å². The van der Waals surface area contributed by atoms with E-state index >= 15 is 0 Å². The first-order valence-electron chi connectivity index (χ1n) is 4.50. The molecule has 0 atom stereocenters. The van der Waals surface area contributed by atoms with Gasteiger partial charge in [-0.2, -0.15) is 5.26 Å². The van der Waals surface area contributed by atoms with Crippen molar-refractivity contribution in [2.75, 3.05) is 0 Å². The quantitative estimate of drug-likeness (QED) is 0.635. The van der Waals surface area contributed by atoms with Crippen LogP contribution in [0.3, 0.4) is 0 Å². The first-order chi connectivity index (χ1) is 7.43. The fraction of sp³-hybridized carbons (Fsp3) is 0.300. The lowest BCUT2D eigenvalue weighted by atomic mass is 10.1. The number of halogens is 2. The Bertz CT molecular complexity index is 523. The van der Waals surface area contributed by atoms with Crippen LogP contribution in [0.4, 0.5) is 0 Å². The molecule has 0 fully saturated rings. The van der Waals surface area contributed by atoms with Crippen LogP contribution in [0.5, 0.6) is 0 Å². The van der Waals surface area contributed by atoms with Gasteiger partial charge in [0.15, 0.2) is 0 Å². The van der Waals surface area contributed by atoms with Crippen LogP contribution < -0.4 is 0 Å². The number of hydrogen-bond acceptors (Lipinski definition) is 3. The minimum Gasteiger partial charge on any atom is -0.207 e. The summed E-state index contributed by atoms with van der Waals surface area (Å²) in [6.45, 7) is 1.82. The fourth-order valence-electron chi connectivity index (χ4n) is 1.49. The molecular weight excluding hydrogens is 314 g/mol. The third-order valence-electron chi connectivity index (χ3n) is 2.14. The van der Waals surface area contributed by atoms with E-state index in [0.717, 1.165) is 0 Å². The Morgan fingerprint density at radius 1 is 1.44 bits per heavy atom. The molecule has 3 nitrogen and oxygen atoms in total. The molecule has 0 bridgehead atoms. The lowest BCUT2D eigenvalue weighted by molar-refractivity contribution is 0.608. The molecule has 6 heteroatoms. The number of rotatable bonds is 3. The van der Waals surface area contributed by atoms with Gasteiger partial charge in [0.25, 0.3) is 9.05 Å². The molecule has 1 aromatic carbocycles. The predicted octanol–water partition coefficient (Wildman–Crippen LogP) is 2.94. The van der Waals surface area contributed by atoms with Gasteiger partial charge in [0, 0.05) is 16.0 Å². The summed E-state index contributed by atoms with van der Waals surface area (Å²) in [6, 6.07) is 5.08. The summed E-state index contributed by atoms with van der Waals surface area (Å²) in [5.74, 6) is 0. The third kappa shape index (κ3) is 2.76. The van der Waals surface area contributed by atoms with Crippen molar-refractivity contribution in [1.82, 2.24) is 0 Å². The van der Waals surface area contributed by atoms with Crippen LogP contribution >= 0.6 is 26.6 Å². The third-order valence-corrected chi connectivity index (χ3v) is 4.22. The van der Waals surface area contributed by atoms with E-state index in [1.807, 2.05) is 13.0 Å². The highest BCUT2D eigenvalue weighted by atomic mass is 79.9. The van der Waals surface area contributed by atoms with Crippen LogP contribution in [0.15, 0.2) is 17.0 Å². The van der Waals surface area contributed by atoms with Gasteiger partial charge in [-0.1, -0.05) is 22.9 Å². The number of aryl methyl sites for hydroxylation is 1. The first kappa shape index (κ1) is 13.5. The van der Waals surface area contributed by atoms with Crippen molar-refractivity contribution in [2.24, 2.45) is 0 Å². The van der Waals surface area contributed by atoms with Crippen molar-refractivity contribution in [3.05, 3.63) is 28.8 Å². The lowest BCUT2D eigenvalue weighted by Gasteiger charge is -2.10. The molecule has 16 heavy (non-hydrogen) atoms. The maximum atomic E-state index is 11.5. The van der Waals surface area contributed by atoms with E-state index in [4.69, 9.17) is 15.9 Å². The summed E-state index contributed by atoms with van der Waals surface area (Å²) < 4.78 is 22.9. The number of hydrogen-bond donors (Lipinski definition) is 0. The molecule has 1 rings (SSSR count). The largest absolute Gasteiger partial charge is 0.261 e. The van der Waals surface area contributed by atoms with E-state index in [-0.39, 0.29) is 4.90 Å². The summed E-state index contributed by atoms with van der Waals surface area (Å²) in [5, 5.41) is 9.17. The Morgan fingerprint density at radius 3 is 2.38 bits per heavy atom. The van der Waals surface area contributed by atoms with E-state index in [1.165, 1.54) is 6.07 Å². The predicted molar refractivity (Wildman–Crippen MR) is 66.2 cm³/mol. The van der Waals surface area contributed by atoms with E-state index in [0.29, 0.717) is 28.4 Å². The number of alkyl halides is 1. The summed E-state index contributed by atoms with van der Waals surface area (Å²) >= 11 is 3.20. The van der Waals surface area contributed by atoms with Gasteiger partial charge in [-0.15, -0.1) is 0 Å². The summed E-state index contributed by atoms with van der Waals surface area (Å²) in [5.41, 5.74) is 1.53. The highest BCUT2D eigenvalue weighted by Crippen LogP contribution is 2.28. The van der Waals surface area contributed by atoms with Crippen LogP contribution in [0, 0.1) is 11.3 Å². The lowest BCUT2D eigenvalue weighted by Crippen LogP contribution is -2.03. The Morgan fingerprint density at radius 2 is 2.00 bits per heavy atom. The molecule has 0 radical (unpaired) electrons. The van der Waals surface area contributed by atoms with E-state index in [2.05, 4.69) is 15.9 Å². The summed E-state index contributed by atoms with van der Waals surface area (Å²) in [6.07, 6.45) is 0.511. The molecule has 0 aliphatic rings. The Hall–Kier alpha value is -0.570. The van der Waals surface area contributed by atoms with Crippen LogP contribution in [-0.2, 0) is 20.8 Å². The van der Waals surface area contributed by atoms with Crippen LogP contribution in [-0.4, -0.2) is 8.42 Å². The van der Waals surface area contributed by atoms with E-state index in [1.54, 1.807) is 6.07 Å². The normalized spacial score (nSPS) is 11.1. The smallest absolute Gasteiger partial charge is 0.207 e. The van der Waals surface area contributed by atoms with Crippen LogP contribution in [0.1, 0.15) is 23.6 Å². The van der Waals surface area contributed by atoms with Crippen molar-refractivity contribution in [3.63, 3.8) is 0 Å². The molecule has 0 N–H and O–H groups in total. The zero-order valence-corrected chi connectivity index (χ0v) is 11.7. The van der Waals surface area contributed by atoms with Gasteiger partial charge >= 0.3 is 0 Å². The highest BCUT2D eigenvalue weighted by molar-refractivity contribution is 9.08. The monoisotopic (exact) mass is 321 g/mol. The zero-order chi connectivity index (χ0) is 12.3. The molecule has 0 aromatic heterocycles. The molecule has 0 heterocycles. The Kier molecular flexibility index (Phi) is 4.36. The average Bonchev–Trinajstić information content (AvgIpc) is 2.25. The second-order valence-electron chi connectivity index (χ2n) is 3.16. The van der Waals surface area contributed by atoms with Crippen molar-refractivity contribution >= 4 is 35.7 Å². The minimum atomic E-state index is -3.78. The molecule has 0 saturated heterocycles. The first-order valence-corrected chi connectivity index (χ1v) is 7.93. The minimum absolute atomic E-state index is 0.118. The van der Waals surface area contributed by atoms with E-state index in [9.17, 15) is 8.42 Å². The SMILES string of the molecule is CCc1cc(C#N)cc(CBr)c1S(=O)(=O)Cl. The number of nitriles is 1. The molecule has 1 aromatic rings. The molecule has 0 aliphatic heterocycles. The molecule has 86 valence electrons. The standard InChI is InChI=1S/C10H9BrClNO2S/c1-2-8-3-7(6-13)4-9(5-11)10(8)16(12,14)15/h3-4H,2,5H2,1H3. The van der Waals surface area contributed by atoms with Gasteiger partial charge in [0.05, 0.1) is 16.5 Å². The summed E-state index contributed by atoms with van der Waals surface area (Å²) in [7, 11) is 1.61. The van der Waals surface area contributed by atoms with Crippen molar-refractivity contribution < 1.29 is 8.42 Å². The zero-order valence-electron chi connectivity index (χ0n) is 8.50. The van der Waals surface area contributed by atoms with Gasteiger partial charge in [-0.3, -0.25) is 0 Å². The second-order valence-corrected chi connectivity index (χ2v) is 6.22. The van der Waals surface area contributed by atoms with Crippen molar-refractivity contribution in [1.29, 1.82) is 5.26 Å².